The zero-order valence-corrected chi connectivity index (χ0v) is 15.0. The molecule has 2 heterocycles. The van der Waals surface area contributed by atoms with Crippen molar-refractivity contribution in [3.63, 3.8) is 0 Å². The van der Waals surface area contributed by atoms with E-state index >= 15 is 0 Å². The molecule has 27 heavy (non-hydrogen) atoms. The fraction of sp³-hybridized carbons (Fsp3) is 0.250. The van der Waals surface area contributed by atoms with E-state index in [2.05, 4.69) is 10.3 Å². The lowest BCUT2D eigenvalue weighted by Crippen LogP contribution is -2.28. The number of carbonyl (C=O) groups is 2. The number of fused-ring (bicyclic) bond motifs is 1. The minimum Gasteiger partial charge on any atom is -0.441 e. The number of carbonyl (C=O) groups excluding carboxylic acids is 2. The van der Waals surface area contributed by atoms with E-state index in [4.69, 9.17) is 4.42 Å². The summed E-state index contributed by atoms with van der Waals surface area (Å²) in [5, 5.41) is 2.58. The summed E-state index contributed by atoms with van der Waals surface area (Å²) in [6.07, 6.45) is 0.0786. The number of hydrogen-bond donors (Lipinski definition) is 1. The molecule has 1 fully saturated rings. The quantitative estimate of drug-likeness (QED) is 0.768. The second kappa shape index (κ2) is 6.50. The van der Waals surface area contributed by atoms with Crippen molar-refractivity contribution in [1.82, 2.24) is 4.98 Å². The molecule has 1 aliphatic heterocycles. The van der Waals surface area contributed by atoms with Crippen LogP contribution in [0.2, 0.25) is 0 Å². The lowest BCUT2D eigenvalue weighted by Gasteiger charge is -2.16. The molecule has 1 aliphatic rings. The van der Waals surface area contributed by atoms with Gasteiger partial charge in [0.15, 0.2) is 11.5 Å². The highest BCUT2D eigenvalue weighted by atomic mass is 19.1. The fourth-order valence-corrected chi connectivity index (χ4v) is 3.29. The van der Waals surface area contributed by atoms with Gasteiger partial charge in [0.1, 0.15) is 11.3 Å². The van der Waals surface area contributed by atoms with Crippen LogP contribution in [-0.4, -0.2) is 23.3 Å². The van der Waals surface area contributed by atoms with E-state index in [9.17, 15) is 14.0 Å². The number of oxazole rings is 1. The molecule has 4 rings (SSSR count). The maximum absolute atomic E-state index is 14.0. The Labute approximate surface area is 155 Å². The number of aromatic nitrogens is 1. The third-order valence-electron chi connectivity index (χ3n) is 4.67. The first kappa shape index (κ1) is 17.2. The molecule has 0 bridgehead atoms. The maximum atomic E-state index is 14.0. The minimum absolute atomic E-state index is 0.0786. The third kappa shape index (κ3) is 3.28. The van der Waals surface area contributed by atoms with Gasteiger partial charge in [-0.2, -0.15) is 0 Å². The number of nitrogens with one attached hydrogen (secondary N) is 1. The van der Waals surface area contributed by atoms with Crippen molar-refractivity contribution in [2.24, 2.45) is 5.92 Å². The Morgan fingerprint density at radius 2 is 2.07 bits per heavy atom. The second-order valence-electron chi connectivity index (χ2n) is 6.76. The van der Waals surface area contributed by atoms with Crippen molar-refractivity contribution in [2.75, 3.05) is 16.8 Å². The number of halogens is 1. The molecule has 138 valence electrons. The number of hydrogen-bond acceptors (Lipinski definition) is 4. The van der Waals surface area contributed by atoms with Gasteiger partial charge in [0.05, 0.1) is 11.6 Å². The predicted molar refractivity (Wildman–Crippen MR) is 99.0 cm³/mol. The average Bonchev–Trinajstić information content (AvgIpc) is 3.18. The standard InChI is InChI=1S/C20H18FN3O3/c1-11-3-5-16(15(21)7-11)23-20(26)13-8-19(25)24(10-13)14-4-6-18-17(9-14)22-12(2)27-18/h3-7,9,13H,8,10H2,1-2H3,(H,23,26). The van der Waals surface area contributed by atoms with E-state index in [-0.39, 0.29) is 30.5 Å². The van der Waals surface area contributed by atoms with Crippen LogP contribution >= 0.6 is 0 Å². The Balaban J connectivity index is 1.51. The van der Waals surface area contributed by atoms with Crippen LogP contribution < -0.4 is 10.2 Å². The van der Waals surface area contributed by atoms with Crippen molar-refractivity contribution in [2.45, 2.75) is 20.3 Å². The minimum atomic E-state index is -0.548. The predicted octanol–water partition coefficient (Wildman–Crippen LogP) is 3.58. The largest absolute Gasteiger partial charge is 0.441 e. The molecule has 1 aromatic heterocycles. The Bertz CT molecular complexity index is 1060. The summed E-state index contributed by atoms with van der Waals surface area (Å²) in [7, 11) is 0. The van der Waals surface area contributed by atoms with E-state index in [1.807, 2.05) is 0 Å². The summed E-state index contributed by atoms with van der Waals surface area (Å²) in [6, 6.07) is 9.90. The number of benzene rings is 2. The fourth-order valence-electron chi connectivity index (χ4n) is 3.29. The molecular formula is C20H18FN3O3. The highest BCUT2D eigenvalue weighted by molar-refractivity contribution is 6.04. The molecule has 3 aromatic rings. The molecule has 2 amide bonds. The lowest BCUT2D eigenvalue weighted by molar-refractivity contribution is -0.122. The molecule has 1 unspecified atom stereocenters. The van der Waals surface area contributed by atoms with E-state index in [0.29, 0.717) is 22.7 Å². The topological polar surface area (TPSA) is 75.4 Å². The van der Waals surface area contributed by atoms with E-state index in [0.717, 1.165) is 5.56 Å². The normalized spacial score (nSPS) is 16.9. The highest BCUT2D eigenvalue weighted by Crippen LogP contribution is 2.29. The SMILES string of the molecule is Cc1ccc(NC(=O)C2CC(=O)N(c3ccc4oc(C)nc4c3)C2)c(F)c1. The van der Waals surface area contributed by atoms with E-state index in [1.54, 1.807) is 43.0 Å². The number of nitrogens with zero attached hydrogens (tertiary/aromatic N) is 2. The number of aryl methyl sites for hydroxylation is 2. The van der Waals surface area contributed by atoms with Crippen LogP contribution in [0.15, 0.2) is 40.8 Å². The number of rotatable bonds is 3. The molecule has 1 N–H and O–H groups in total. The number of amides is 2. The van der Waals surface area contributed by atoms with Gasteiger partial charge in [0.25, 0.3) is 0 Å². The maximum Gasteiger partial charge on any atom is 0.229 e. The molecular weight excluding hydrogens is 349 g/mol. The molecule has 6 nitrogen and oxygen atoms in total. The van der Waals surface area contributed by atoms with Gasteiger partial charge in [-0.15, -0.1) is 0 Å². The van der Waals surface area contributed by atoms with Gasteiger partial charge in [0.2, 0.25) is 11.8 Å². The van der Waals surface area contributed by atoms with Crippen LogP contribution in [0.4, 0.5) is 15.8 Å². The van der Waals surface area contributed by atoms with Gasteiger partial charge in [-0.3, -0.25) is 9.59 Å². The summed E-state index contributed by atoms with van der Waals surface area (Å²) < 4.78 is 19.4. The molecule has 7 heteroatoms. The molecule has 2 aromatic carbocycles. The lowest BCUT2D eigenvalue weighted by atomic mass is 10.1. The van der Waals surface area contributed by atoms with Crippen LogP contribution in [0.25, 0.3) is 11.1 Å². The van der Waals surface area contributed by atoms with Gasteiger partial charge in [-0.25, -0.2) is 9.37 Å². The summed E-state index contributed by atoms with van der Waals surface area (Å²) in [5.41, 5.74) is 2.86. The smallest absolute Gasteiger partial charge is 0.229 e. The van der Waals surface area contributed by atoms with Gasteiger partial charge >= 0.3 is 0 Å². The molecule has 1 atom stereocenters. The number of anilines is 2. The Morgan fingerprint density at radius 3 is 2.85 bits per heavy atom. The monoisotopic (exact) mass is 367 g/mol. The van der Waals surface area contributed by atoms with Crippen LogP contribution in [0, 0.1) is 25.6 Å². The van der Waals surface area contributed by atoms with Crippen molar-refractivity contribution in [1.29, 1.82) is 0 Å². The molecule has 1 saturated heterocycles. The van der Waals surface area contributed by atoms with Gasteiger partial charge in [-0.1, -0.05) is 6.07 Å². The summed E-state index contributed by atoms with van der Waals surface area (Å²) in [5.74, 6) is -1.01. The van der Waals surface area contributed by atoms with Crippen molar-refractivity contribution >= 4 is 34.3 Å². The van der Waals surface area contributed by atoms with E-state index < -0.39 is 11.7 Å². The first-order valence-electron chi connectivity index (χ1n) is 8.65. The van der Waals surface area contributed by atoms with Crippen LogP contribution in [-0.2, 0) is 9.59 Å². The molecule has 0 spiro atoms. The Hall–Kier alpha value is -3.22. The Morgan fingerprint density at radius 1 is 1.26 bits per heavy atom. The zero-order valence-electron chi connectivity index (χ0n) is 15.0. The van der Waals surface area contributed by atoms with Crippen LogP contribution in [0.3, 0.4) is 0 Å². The zero-order chi connectivity index (χ0) is 19.1. The molecule has 0 aliphatic carbocycles. The van der Waals surface area contributed by atoms with Crippen molar-refractivity contribution in [3.05, 3.63) is 53.7 Å². The molecule has 0 saturated carbocycles. The van der Waals surface area contributed by atoms with Gasteiger partial charge in [-0.05, 0) is 42.8 Å². The molecule has 0 radical (unpaired) electrons. The van der Waals surface area contributed by atoms with E-state index in [1.165, 1.54) is 12.1 Å². The van der Waals surface area contributed by atoms with Crippen molar-refractivity contribution < 1.29 is 18.4 Å². The highest BCUT2D eigenvalue weighted by Gasteiger charge is 2.35. The Kier molecular flexibility index (Phi) is 4.14. The van der Waals surface area contributed by atoms with Crippen molar-refractivity contribution in [3.8, 4) is 0 Å². The first-order chi connectivity index (χ1) is 12.9. The van der Waals surface area contributed by atoms with Crippen LogP contribution in [0.1, 0.15) is 17.9 Å². The van der Waals surface area contributed by atoms with Crippen LogP contribution in [0.5, 0.6) is 0 Å². The van der Waals surface area contributed by atoms with Gasteiger partial charge in [0, 0.05) is 25.6 Å². The first-order valence-corrected chi connectivity index (χ1v) is 8.65. The summed E-state index contributed by atoms with van der Waals surface area (Å²) in [4.78, 5) is 30.8. The summed E-state index contributed by atoms with van der Waals surface area (Å²) in [6.45, 7) is 3.77. The average molecular weight is 367 g/mol. The third-order valence-corrected chi connectivity index (χ3v) is 4.67. The summed E-state index contributed by atoms with van der Waals surface area (Å²) >= 11 is 0. The van der Waals surface area contributed by atoms with Gasteiger partial charge < -0.3 is 14.6 Å². The second-order valence-corrected chi connectivity index (χ2v) is 6.76.